The molecule has 2 heterocycles. The maximum absolute atomic E-state index is 4.47. The molecule has 0 aromatic carbocycles. The van der Waals surface area contributed by atoms with E-state index in [-0.39, 0.29) is 0 Å². The van der Waals surface area contributed by atoms with Crippen molar-refractivity contribution in [3.05, 3.63) is 30.2 Å². The van der Waals surface area contributed by atoms with Gasteiger partial charge < -0.3 is 5.32 Å². The Kier molecular flexibility index (Phi) is 3.46. The van der Waals surface area contributed by atoms with Gasteiger partial charge in [-0.25, -0.2) is 0 Å². The van der Waals surface area contributed by atoms with E-state index in [1.54, 1.807) is 0 Å². The van der Waals surface area contributed by atoms with Crippen molar-refractivity contribution in [1.29, 1.82) is 0 Å². The van der Waals surface area contributed by atoms with Gasteiger partial charge in [0.05, 0.1) is 12.2 Å². The maximum atomic E-state index is 4.47. The molecule has 5 nitrogen and oxygen atoms in total. The van der Waals surface area contributed by atoms with Gasteiger partial charge in [-0.05, 0) is 26.8 Å². The first-order valence-corrected chi connectivity index (χ1v) is 6.00. The SMILES string of the molecule is CCn1ccc(NCc2ccn(C(C)C)n2)n1. The van der Waals surface area contributed by atoms with Crippen LogP contribution in [0.1, 0.15) is 32.5 Å². The number of nitrogens with one attached hydrogen (secondary N) is 1. The van der Waals surface area contributed by atoms with Crippen LogP contribution < -0.4 is 5.32 Å². The van der Waals surface area contributed by atoms with Gasteiger partial charge >= 0.3 is 0 Å². The Bertz CT molecular complexity index is 469. The van der Waals surface area contributed by atoms with Crippen molar-refractivity contribution >= 4 is 5.82 Å². The number of hydrogen-bond acceptors (Lipinski definition) is 3. The summed E-state index contributed by atoms with van der Waals surface area (Å²) in [5, 5.41) is 12.1. The molecule has 0 amide bonds. The fourth-order valence-corrected chi connectivity index (χ4v) is 1.57. The van der Waals surface area contributed by atoms with Crippen molar-refractivity contribution in [2.24, 2.45) is 0 Å². The van der Waals surface area contributed by atoms with Crippen molar-refractivity contribution in [3.8, 4) is 0 Å². The van der Waals surface area contributed by atoms with Gasteiger partial charge in [-0.15, -0.1) is 0 Å². The van der Waals surface area contributed by atoms with Crippen molar-refractivity contribution < 1.29 is 0 Å². The van der Waals surface area contributed by atoms with Crippen molar-refractivity contribution in [3.63, 3.8) is 0 Å². The van der Waals surface area contributed by atoms with Crippen LogP contribution in [0, 0.1) is 0 Å². The highest BCUT2D eigenvalue weighted by molar-refractivity contribution is 5.32. The second-order valence-electron chi connectivity index (χ2n) is 4.29. The van der Waals surface area contributed by atoms with Gasteiger partial charge in [0.2, 0.25) is 0 Å². The molecule has 1 N–H and O–H groups in total. The van der Waals surface area contributed by atoms with E-state index >= 15 is 0 Å². The van der Waals surface area contributed by atoms with Gasteiger partial charge in [-0.3, -0.25) is 9.36 Å². The molecule has 0 aliphatic carbocycles. The Labute approximate surface area is 101 Å². The molecule has 92 valence electrons. The van der Waals surface area contributed by atoms with Crippen molar-refractivity contribution in [1.82, 2.24) is 19.6 Å². The maximum Gasteiger partial charge on any atom is 0.148 e. The van der Waals surface area contributed by atoms with Gasteiger partial charge in [-0.2, -0.15) is 10.2 Å². The predicted octanol–water partition coefficient (Wildman–Crippen LogP) is 2.29. The summed E-state index contributed by atoms with van der Waals surface area (Å²) < 4.78 is 3.86. The Balaban J connectivity index is 1.92. The number of hydrogen-bond donors (Lipinski definition) is 1. The lowest BCUT2D eigenvalue weighted by molar-refractivity contribution is 0.527. The van der Waals surface area contributed by atoms with Crippen LogP contribution in [0.15, 0.2) is 24.5 Å². The minimum Gasteiger partial charge on any atom is -0.363 e. The largest absolute Gasteiger partial charge is 0.363 e. The van der Waals surface area contributed by atoms with Crippen LogP contribution >= 0.6 is 0 Å². The fraction of sp³-hybridized carbons (Fsp3) is 0.500. The molecule has 5 heteroatoms. The van der Waals surface area contributed by atoms with Crippen LogP contribution in [0.4, 0.5) is 5.82 Å². The molecule has 2 aromatic rings. The van der Waals surface area contributed by atoms with Crippen LogP contribution in [0.3, 0.4) is 0 Å². The monoisotopic (exact) mass is 233 g/mol. The van der Waals surface area contributed by atoms with Crippen LogP contribution in [0.5, 0.6) is 0 Å². The molecule has 0 unspecified atom stereocenters. The van der Waals surface area contributed by atoms with E-state index < -0.39 is 0 Å². The number of rotatable bonds is 5. The number of anilines is 1. The van der Waals surface area contributed by atoms with Gasteiger partial charge in [-0.1, -0.05) is 0 Å². The third-order valence-electron chi connectivity index (χ3n) is 2.61. The van der Waals surface area contributed by atoms with Crippen molar-refractivity contribution in [2.45, 2.75) is 39.9 Å². The second-order valence-corrected chi connectivity index (χ2v) is 4.29. The molecule has 0 saturated heterocycles. The predicted molar refractivity (Wildman–Crippen MR) is 67.8 cm³/mol. The smallest absolute Gasteiger partial charge is 0.148 e. The number of nitrogens with zero attached hydrogens (tertiary/aromatic N) is 4. The summed E-state index contributed by atoms with van der Waals surface area (Å²) in [5.74, 6) is 0.894. The Hall–Kier alpha value is -1.78. The molecule has 0 atom stereocenters. The minimum atomic E-state index is 0.406. The summed E-state index contributed by atoms with van der Waals surface area (Å²) in [7, 11) is 0. The summed E-state index contributed by atoms with van der Waals surface area (Å²) in [4.78, 5) is 0. The molecule has 17 heavy (non-hydrogen) atoms. The van der Waals surface area contributed by atoms with Crippen LogP contribution in [-0.2, 0) is 13.1 Å². The van der Waals surface area contributed by atoms with E-state index in [0.717, 1.165) is 18.1 Å². The van der Waals surface area contributed by atoms with E-state index in [2.05, 4.69) is 36.3 Å². The Morgan fingerprint density at radius 1 is 1.24 bits per heavy atom. The lowest BCUT2D eigenvalue weighted by Crippen LogP contribution is -2.05. The van der Waals surface area contributed by atoms with E-state index in [9.17, 15) is 0 Å². The normalized spacial score (nSPS) is 11.1. The zero-order chi connectivity index (χ0) is 12.3. The van der Waals surface area contributed by atoms with Crippen LogP contribution in [-0.4, -0.2) is 19.6 Å². The van der Waals surface area contributed by atoms with Gasteiger partial charge in [0, 0.05) is 31.0 Å². The molecule has 0 aliphatic rings. The summed E-state index contributed by atoms with van der Waals surface area (Å²) in [6.45, 7) is 7.91. The van der Waals surface area contributed by atoms with E-state index in [0.29, 0.717) is 12.6 Å². The summed E-state index contributed by atoms with van der Waals surface area (Å²) in [6, 6.07) is 4.41. The third kappa shape index (κ3) is 2.87. The summed E-state index contributed by atoms with van der Waals surface area (Å²) in [5.41, 5.74) is 1.03. The molecule has 0 fully saturated rings. The minimum absolute atomic E-state index is 0.406. The first-order chi connectivity index (χ1) is 8.19. The molecular formula is C12H19N5. The van der Waals surface area contributed by atoms with Gasteiger partial charge in [0.25, 0.3) is 0 Å². The molecule has 0 aliphatic heterocycles. The lowest BCUT2D eigenvalue weighted by atomic mass is 10.4. The third-order valence-corrected chi connectivity index (χ3v) is 2.61. The van der Waals surface area contributed by atoms with E-state index in [4.69, 9.17) is 0 Å². The Morgan fingerprint density at radius 2 is 2.06 bits per heavy atom. The molecule has 0 bridgehead atoms. The average molecular weight is 233 g/mol. The highest BCUT2D eigenvalue weighted by Gasteiger charge is 2.02. The zero-order valence-electron chi connectivity index (χ0n) is 10.6. The molecule has 2 rings (SSSR count). The molecular weight excluding hydrogens is 214 g/mol. The number of aryl methyl sites for hydroxylation is 1. The van der Waals surface area contributed by atoms with Crippen molar-refractivity contribution in [2.75, 3.05) is 5.32 Å². The molecule has 0 spiro atoms. The highest BCUT2D eigenvalue weighted by Crippen LogP contribution is 2.07. The fourth-order valence-electron chi connectivity index (χ4n) is 1.57. The standard InChI is InChI=1S/C12H19N5/c1-4-16-7-6-12(15-16)13-9-11-5-8-17(14-11)10(2)3/h5-8,10H,4,9H2,1-3H3,(H,13,15). The molecule has 2 aromatic heterocycles. The summed E-state index contributed by atoms with van der Waals surface area (Å²) in [6.07, 6.45) is 3.97. The summed E-state index contributed by atoms with van der Waals surface area (Å²) >= 11 is 0. The average Bonchev–Trinajstić information content (AvgIpc) is 2.95. The van der Waals surface area contributed by atoms with Crippen LogP contribution in [0.2, 0.25) is 0 Å². The van der Waals surface area contributed by atoms with Crippen LogP contribution in [0.25, 0.3) is 0 Å². The highest BCUT2D eigenvalue weighted by atomic mass is 15.3. The van der Waals surface area contributed by atoms with Gasteiger partial charge in [0.1, 0.15) is 5.82 Å². The topological polar surface area (TPSA) is 47.7 Å². The molecule has 0 radical (unpaired) electrons. The second kappa shape index (κ2) is 5.03. The molecule has 0 saturated carbocycles. The van der Waals surface area contributed by atoms with Gasteiger partial charge in [0.15, 0.2) is 0 Å². The first kappa shape index (κ1) is 11.7. The first-order valence-electron chi connectivity index (χ1n) is 6.00. The number of aromatic nitrogens is 4. The quantitative estimate of drug-likeness (QED) is 0.862. The Morgan fingerprint density at radius 3 is 2.65 bits per heavy atom. The van der Waals surface area contributed by atoms with E-state index in [1.165, 1.54) is 0 Å². The zero-order valence-corrected chi connectivity index (χ0v) is 10.6. The van der Waals surface area contributed by atoms with E-state index in [1.807, 2.05) is 33.9 Å². The lowest BCUT2D eigenvalue weighted by Gasteiger charge is -2.04.